The Morgan fingerprint density at radius 2 is 2.12 bits per heavy atom. The monoisotopic (exact) mass is 362 g/mol. The van der Waals surface area contributed by atoms with Crippen molar-refractivity contribution in [3.63, 3.8) is 0 Å². The highest BCUT2D eigenvalue weighted by Gasteiger charge is 2.26. The lowest BCUT2D eigenvalue weighted by Gasteiger charge is -2.24. The fraction of sp³-hybridized carbons (Fsp3) is 0.474. The Morgan fingerprint density at radius 3 is 2.80 bits per heavy atom. The van der Waals surface area contributed by atoms with Gasteiger partial charge in [-0.3, -0.25) is 4.79 Å². The maximum Gasteiger partial charge on any atom is 0.328 e. The van der Waals surface area contributed by atoms with E-state index in [1.165, 1.54) is 7.11 Å². The lowest BCUT2D eigenvalue weighted by atomic mass is 9.91. The second-order valence-electron chi connectivity index (χ2n) is 6.03. The van der Waals surface area contributed by atoms with Crippen LogP contribution >= 0.6 is 11.8 Å². The molecule has 1 heterocycles. The van der Waals surface area contributed by atoms with E-state index in [1.54, 1.807) is 11.8 Å². The van der Waals surface area contributed by atoms with Gasteiger partial charge in [-0.15, -0.1) is 0 Å². The van der Waals surface area contributed by atoms with Crippen LogP contribution in [0.3, 0.4) is 0 Å². The quantitative estimate of drug-likeness (QED) is 0.728. The first-order chi connectivity index (χ1) is 12.1. The molecule has 0 aliphatic carbocycles. The molecule has 1 aromatic carbocycles. The Bertz CT molecular complexity index is 658. The van der Waals surface area contributed by atoms with E-state index in [9.17, 15) is 9.59 Å². The SMILES string of the molecule is COC(=O)C(CCSC)NC(=O)C1=C(c2ccccc2C)CNCC1. The van der Waals surface area contributed by atoms with Crippen LogP contribution in [0.25, 0.3) is 5.57 Å². The molecule has 0 aromatic heterocycles. The third-order valence-electron chi connectivity index (χ3n) is 4.36. The Balaban J connectivity index is 2.27. The maximum atomic E-state index is 12.9. The van der Waals surface area contributed by atoms with Gasteiger partial charge in [-0.2, -0.15) is 11.8 Å². The molecule has 25 heavy (non-hydrogen) atoms. The van der Waals surface area contributed by atoms with Crippen molar-refractivity contribution in [3.8, 4) is 0 Å². The third-order valence-corrected chi connectivity index (χ3v) is 5.01. The summed E-state index contributed by atoms with van der Waals surface area (Å²) < 4.78 is 4.84. The van der Waals surface area contributed by atoms with Crippen LogP contribution in [0.15, 0.2) is 29.8 Å². The number of carbonyl (C=O) groups excluding carboxylic acids is 2. The van der Waals surface area contributed by atoms with Gasteiger partial charge in [0.05, 0.1) is 7.11 Å². The standard InChI is InChI=1S/C19H26N2O3S/c1-13-6-4-5-7-14(13)16-12-20-10-8-15(16)18(22)21-17(9-11-25-3)19(23)24-2/h4-7,17,20H,8-12H2,1-3H3,(H,21,22). The molecule has 1 unspecified atom stereocenters. The number of ether oxygens (including phenoxy) is 1. The van der Waals surface area contributed by atoms with Crippen molar-refractivity contribution < 1.29 is 14.3 Å². The van der Waals surface area contributed by atoms with Crippen molar-refractivity contribution in [2.24, 2.45) is 0 Å². The van der Waals surface area contributed by atoms with Crippen LogP contribution < -0.4 is 10.6 Å². The largest absolute Gasteiger partial charge is 0.467 e. The van der Waals surface area contributed by atoms with E-state index in [2.05, 4.69) is 10.6 Å². The summed E-state index contributed by atoms with van der Waals surface area (Å²) in [6.07, 6.45) is 3.18. The number of rotatable bonds is 7. The minimum absolute atomic E-state index is 0.170. The highest BCUT2D eigenvalue weighted by Crippen LogP contribution is 2.26. The smallest absolute Gasteiger partial charge is 0.328 e. The summed E-state index contributed by atoms with van der Waals surface area (Å²) in [6.45, 7) is 3.45. The highest BCUT2D eigenvalue weighted by atomic mass is 32.2. The number of aryl methyl sites for hydroxylation is 1. The second-order valence-corrected chi connectivity index (χ2v) is 7.02. The second kappa shape index (κ2) is 9.63. The summed E-state index contributed by atoms with van der Waals surface area (Å²) in [5, 5.41) is 6.21. The van der Waals surface area contributed by atoms with Crippen LogP contribution in [0.5, 0.6) is 0 Å². The number of methoxy groups -OCH3 is 1. The number of esters is 1. The average Bonchev–Trinajstić information content (AvgIpc) is 2.64. The number of thioether (sulfide) groups is 1. The van der Waals surface area contributed by atoms with Crippen molar-refractivity contribution in [1.29, 1.82) is 0 Å². The van der Waals surface area contributed by atoms with E-state index in [0.29, 0.717) is 19.4 Å². The van der Waals surface area contributed by atoms with E-state index in [4.69, 9.17) is 4.74 Å². The maximum absolute atomic E-state index is 12.9. The molecule has 1 atom stereocenters. The van der Waals surface area contributed by atoms with Gasteiger partial charge >= 0.3 is 5.97 Å². The summed E-state index contributed by atoms with van der Waals surface area (Å²) in [4.78, 5) is 24.8. The Morgan fingerprint density at radius 1 is 1.36 bits per heavy atom. The molecule has 0 saturated heterocycles. The van der Waals surface area contributed by atoms with Crippen molar-refractivity contribution in [1.82, 2.24) is 10.6 Å². The molecule has 6 heteroatoms. The molecule has 1 aliphatic rings. The molecule has 136 valence electrons. The topological polar surface area (TPSA) is 67.4 Å². The van der Waals surface area contributed by atoms with E-state index in [-0.39, 0.29) is 5.91 Å². The Kier molecular flexibility index (Phi) is 7.52. The summed E-state index contributed by atoms with van der Waals surface area (Å²) in [6, 6.07) is 7.45. The lowest BCUT2D eigenvalue weighted by Crippen LogP contribution is -2.44. The van der Waals surface area contributed by atoms with Gasteiger partial charge in [-0.1, -0.05) is 24.3 Å². The molecule has 5 nitrogen and oxygen atoms in total. The number of benzene rings is 1. The number of hydrogen-bond acceptors (Lipinski definition) is 5. The van der Waals surface area contributed by atoms with Gasteiger partial charge in [0.1, 0.15) is 6.04 Å². The summed E-state index contributed by atoms with van der Waals surface area (Å²) in [7, 11) is 1.35. The van der Waals surface area contributed by atoms with Crippen LogP contribution in [0, 0.1) is 6.92 Å². The first kappa shape index (κ1) is 19.5. The number of hydrogen-bond donors (Lipinski definition) is 2. The van der Waals surface area contributed by atoms with Gasteiger partial charge in [0, 0.05) is 12.1 Å². The summed E-state index contributed by atoms with van der Waals surface area (Å²) in [5.41, 5.74) is 3.98. The molecule has 1 aliphatic heterocycles. The van der Waals surface area contributed by atoms with Gasteiger partial charge in [-0.25, -0.2) is 4.79 Å². The number of nitrogens with one attached hydrogen (secondary N) is 2. The zero-order valence-electron chi connectivity index (χ0n) is 15.1. The summed E-state index contributed by atoms with van der Waals surface area (Å²) in [5.74, 6) is 0.219. The summed E-state index contributed by atoms with van der Waals surface area (Å²) >= 11 is 1.64. The zero-order chi connectivity index (χ0) is 18.2. The number of amides is 1. The van der Waals surface area contributed by atoms with Crippen LogP contribution in [0.1, 0.15) is 24.0 Å². The fourth-order valence-electron chi connectivity index (χ4n) is 2.98. The van der Waals surface area contributed by atoms with Gasteiger partial charge in [0.2, 0.25) is 5.91 Å². The van der Waals surface area contributed by atoms with E-state index in [1.807, 2.05) is 37.4 Å². The van der Waals surface area contributed by atoms with E-state index in [0.717, 1.165) is 34.6 Å². The van der Waals surface area contributed by atoms with Crippen molar-refractivity contribution in [3.05, 3.63) is 41.0 Å². The molecule has 0 saturated carbocycles. The Hall–Kier alpha value is -1.79. The molecule has 0 spiro atoms. The molecule has 0 radical (unpaired) electrons. The van der Waals surface area contributed by atoms with Crippen molar-refractivity contribution in [2.75, 3.05) is 32.2 Å². The van der Waals surface area contributed by atoms with Crippen LogP contribution in [0.4, 0.5) is 0 Å². The average molecular weight is 362 g/mol. The fourth-order valence-corrected chi connectivity index (χ4v) is 3.45. The first-order valence-corrected chi connectivity index (χ1v) is 9.84. The van der Waals surface area contributed by atoms with E-state index < -0.39 is 12.0 Å². The molecule has 0 fully saturated rings. The van der Waals surface area contributed by atoms with Crippen molar-refractivity contribution >= 4 is 29.2 Å². The van der Waals surface area contributed by atoms with Gasteiger partial charge < -0.3 is 15.4 Å². The normalized spacial score (nSPS) is 15.6. The molecule has 1 aromatic rings. The Labute approximate surface area is 153 Å². The third kappa shape index (κ3) is 5.09. The molecular formula is C19H26N2O3S. The predicted octanol–water partition coefficient (Wildman–Crippen LogP) is 2.15. The van der Waals surface area contributed by atoms with E-state index >= 15 is 0 Å². The van der Waals surface area contributed by atoms with Crippen LogP contribution in [-0.4, -0.2) is 50.1 Å². The molecule has 2 rings (SSSR count). The molecule has 2 N–H and O–H groups in total. The van der Waals surface area contributed by atoms with Crippen LogP contribution in [0.2, 0.25) is 0 Å². The van der Waals surface area contributed by atoms with Crippen molar-refractivity contribution in [2.45, 2.75) is 25.8 Å². The molecule has 1 amide bonds. The lowest BCUT2D eigenvalue weighted by molar-refractivity contribution is -0.144. The zero-order valence-corrected chi connectivity index (χ0v) is 15.9. The first-order valence-electron chi connectivity index (χ1n) is 8.44. The minimum atomic E-state index is -0.606. The molecule has 0 bridgehead atoms. The van der Waals surface area contributed by atoms with Gasteiger partial charge in [0.15, 0.2) is 0 Å². The number of carbonyl (C=O) groups is 2. The van der Waals surface area contributed by atoms with Crippen LogP contribution in [-0.2, 0) is 14.3 Å². The molecular weight excluding hydrogens is 336 g/mol. The minimum Gasteiger partial charge on any atom is -0.467 e. The van der Waals surface area contributed by atoms with Gasteiger partial charge in [0.25, 0.3) is 0 Å². The predicted molar refractivity (Wildman–Crippen MR) is 103 cm³/mol. The highest BCUT2D eigenvalue weighted by molar-refractivity contribution is 7.98. The van der Waals surface area contributed by atoms with Gasteiger partial charge in [-0.05, 0) is 55.0 Å².